The van der Waals surface area contributed by atoms with E-state index in [1.54, 1.807) is 7.11 Å². The third kappa shape index (κ3) is 2.94. The predicted octanol–water partition coefficient (Wildman–Crippen LogP) is 4.17. The number of nitrogens with zero attached hydrogens (tertiary/aromatic N) is 1. The topological polar surface area (TPSA) is 21.6 Å². The minimum Gasteiger partial charge on any atom is -0.481 e. The lowest BCUT2D eigenvalue weighted by Gasteiger charge is -2.05. The average Bonchev–Trinajstić information content (AvgIpc) is 2.39. The Bertz CT molecular complexity index is 523. The van der Waals surface area contributed by atoms with E-state index in [0.29, 0.717) is 5.90 Å². The fourth-order valence-corrected chi connectivity index (χ4v) is 1.83. The van der Waals surface area contributed by atoms with Gasteiger partial charge >= 0.3 is 0 Å². The highest BCUT2D eigenvalue weighted by Crippen LogP contribution is 2.25. The quantitative estimate of drug-likeness (QED) is 0.600. The van der Waals surface area contributed by atoms with Gasteiger partial charge in [0.25, 0.3) is 0 Å². The van der Waals surface area contributed by atoms with Gasteiger partial charge in [0.1, 0.15) is 0 Å². The van der Waals surface area contributed by atoms with Gasteiger partial charge in [-0.3, -0.25) is 0 Å². The fraction of sp³-hybridized carbons (Fsp3) is 0.0714. The van der Waals surface area contributed by atoms with Crippen molar-refractivity contribution in [2.24, 2.45) is 4.99 Å². The summed E-state index contributed by atoms with van der Waals surface area (Å²) in [5.41, 5.74) is 1.82. The Morgan fingerprint density at radius 1 is 1.00 bits per heavy atom. The molecule has 17 heavy (non-hydrogen) atoms. The van der Waals surface area contributed by atoms with E-state index in [4.69, 9.17) is 4.74 Å². The molecule has 0 aliphatic carbocycles. The highest BCUT2D eigenvalue weighted by molar-refractivity contribution is 9.10. The number of benzene rings is 2. The summed E-state index contributed by atoms with van der Waals surface area (Å²) < 4.78 is 6.27. The van der Waals surface area contributed by atoms with E-state index in [2.05, 4.69) is 20.9 Å². The molecule has 0 saturated carbocycles. The van der Waals surface area contributed by atoms with Crippen LogP contribution >= 0.6 is 15.9 Å². The number of rotatable bonds is 2. The summed E-state index contributed by atoms with van der Waals surface area (Å²) in [4.78, 5) is 4.49. The first-order chi connectivity index (χ1) is 8.31. The number of para-hydroxylation sites is 1. The smallest absolute Gasteiger partial charge is 0.221 e. The number of methoxy groups -OCH3 is 1. The molecule has 0 spiro atoms. The van der Waals surface area contributed by atoms with E-state index < -0.39 is 0 Å². The molecule has 0 aromatic heterocycles. The molecule has 0 amide bonds. The molecule has 2 aromatic carbocycles. The van der Waals surface area contributed by atoms with Crippen molar-refractivity contribution in [1.29, 1.82) is 0 Å². The molecule has 2 aromatic rings. The molecule has 2 rings (SSSR count). The van der Waals surface area contributed by atoms with Crippen LogP contribution in [-0.2, 0) is 4.74 Å². The van der Waals surface area contributed by atoms with Gasteiger partial charge in [-0.2, -0.15) is 0 Å². The van der Waals surface area contributed by atoms with E-state index in [0.717, 1.165) is 15.7 Å². The number of hydrogen-bond donors (Lipinski definition) is 0. The van der Waals surface area contributed by atoms with Crippen LogP contribution in [0, 0.1) is 0 Å². The molecule has 0 aliphatic rings. The van der Waals surface area contributed by atoms with Crippen molar-refractivity contribution in [3.63, 3.8) is 0 Å². The second-order valence-corrected chi connectivity index (χ2v) is 4.29. The molecule has 0 fully saturated rings. The zero-order valence-electron chi connectivity index (χ0n) is 9.43. The molecule has 0 atom stereocenters. The van der Waals surface area contributed by atoms with Gasteiger partial charge in [-0.25, -0.2) is 4.99 Å². The summed E-state index contributed by atoms with van der Waals surface area (Å²) in [6.45, 7) is 0. The molecule has 0 bridgehead atoms. The van der Waals surface area contributed by atoms with Crippen LogP contribution in [0.4, 0.5) is 5.69 Å². The van der Waals surface area contributed by atoms with Crippen molar-refractivity contribution >= 4 is 27.5 Å². The first-order valence-electron chi connectivity index (χ1n) is 5.24. The van der Waals surface area contributed by atoms with E-state index in [-0.39, 0.29) is 0 Å². The Morgan fingerprint density at radius 2 is 1.65 bits per heavy atom. The third-order valence-electron chi connectivity index (χ3n) is 2.29. The summed E-state index contributed by atoms with van der Waals surface area (Å²) in [7, 11) is 1.63. The van der Waals surface area contributed by atoms with Crippen molar-refractivity contribution in [2.75, 3.05) is 7.11 Å². The van der Waals surface area contributed by atoms with Crippen LogP contribution in [0.15, 0.2) is 64.1 Å². The molecule has 0 N–H and O–H groups in total. The molecular weight excluding hydrogens is 278 g/mol. The van der Waals surface area contributed by atoms with Crippen molar-refractivity contribution < 1.29 is 4.74 Å². The normalized spacial score (nSPS) is 11.3. The number of hydrogen-bond acceptors (Lipinski definition) is 2. The monoisotopic (exact) mass is 289 g/mol. The second-order valence-electron chi connectivity index (χ2n) is 3.44. The summed E-state index contributed by atoms with van der Waals surface area (Å²) in [6.07, 6.45) is 0. The Kier molecular flexibility index (Phi) is 3.94. The van der Waals surface area contributed by atoms with Crippen LogP contribution in [0.3, 0.4) is 0 Å². The summed E-state index contributed by atoms with van der Waals surface area (Å²) in [6, 6.07) is 17.6. The number of aliphatic imine (C=N–C) groups is 1. The standard InChI is InChI=1S/C14H12BrNO/c1-17-14(11-7-3-2-4-8-11)16-13-10-6-5-9-12(13)15/h2-10H,1H3. The maximum Gasteiger partial charge on any atom is 0.221 e. The van der Waals surface area contributed by atoms with Gasteiger partial charge in [-0.15, -0.1) is 0 Å². The lowest BCUT2D eigenvalue weighted by molar-refractivity contribution is 0.405. The number of halogens is 1. The van der Waals surface area contributed by atoms with Crippen LogP contribution in [0.5, 0.6) is 0 Å². The first kappa shape index (κ1) is 11.9. The van der Waals surface area contributed by atoms with E-state index in [9.17, 15) is 0 Å². The average molecular weight is 290 g/mol. The van der Waals surface area contributed by atoms with Crippen molar-refractivity contribution in [1.82, 2.24) is 0 Å². The van der Waals surface area contributed by atoms with Crippen LogP contribution < -0.4 is 0 Å². The summed E-state index contributed by atoms with van der Waals surface area (Å²) in [5, 5.41) is 0. The molecule has 86 valence electrons. The summed E-state index contributed by atoms with van der Waals surface area (Å²) >= 11 is 3.46. The van der Waals surface area contributed by atoms with Gasteiger partial charge < -0.3 is 4.74 Å². The minimum absolute atomic E-state index is 0.609. The second kappa shape index (κ2) is 5.64. The summed E-state index contributed by atoms with van der Waals surface area (Å²) in [5.74, 6) is 0.609. The maximum absolute atomic E-state index is 5.32. The molecule has 0 heterocycles. The van der Waals surface area contributed by atoms with E-state index in [1.807, 2.05) is 54.6 Å². The largest absolute Gasteiger partial charge is 0.481 e. The SMILES string of the molecule is COC(=Nc1ccccc1Br)c1ccccc1. The highest BCUT2D eigenvalue weighted by atomic mass is 79.9. The van der Waals surface area contributed by atoms with Gasteiger partial charge in [0.2, 0.25) is 5.90 Å². The molecule has 2 nitrogen and oxygen atoms in total. The Hall–Kier alpha value is -1.61. The van der Waals surface area contributed by atoms with Gasteiger partial charge in [0.05, 0.1) is 12.8 Å². The Labute approximate surface area is 109 Å². The third-order valence-corrected chi connectivity index (χ3v) is 2.96. The first-order valence-corrected chi connectivity index (χ1v) is 6.03. The molecule has 0 unspecified atom stereocenters. The van der Waals surface area contributed by atoms with Gasteiger partial charge in [-0.1, -0.05) is 30.3 Å². The van der Waals surface area contributed by atoms with Crippen molar-refractivity contribution in [3.8, 4) is 0 Å². The van der Waals surface area contributed by atoms with Crippen LogP contribution in [0.1, 0.15) is 5.56 Å². The molecular formula is C14H12BrNO. The lowest BCUT2D eigenvalue weighted by atomic mass is 10.2. The van der Waals surface area contributed by atoms with E-state index >= 15 is 0 Å². The van der Waals surface area contributed by atoms with E-state index in [1.165, 1.54) is 0 Å². The molecule has 3 heteroatoms. The van der Waals surface area contributed by atoms with Crippen molar-refractivity contribution in [3.05, 3.63) is 64.6 Å². The van der Waals surface area contributed by atoms with Crippen LogP contribution in [0.2, 0.25) is 0 Å². The zero-order chi connectivity index (χ0) is 12.1. The fourth-order valence-electron chi connectivity index (χ4n) is 1.46. The minimum atomic E-state index is 0.609. The highest BCUT2D eigenvalue weighted by Gasteiger charge is 2.04. The van der Waals surface area contributed by atoms with Crippen LogP contribution in [-0.4, -0.2) is 13.0 Å². The molecule has 0 aliphatic heterocycles. The van der Waals surface area contributed by atoms with Crippen molar-refractivity contribution in [2.45, 2.75) is 0 Å². The zero-order valence-corrected chi connectivity index (χ0v) is 11.0. The molecule has 0 radical (unpaired) electrons. The molecule has 0 saturated heterocycles. The van der Waals surface area contributed by atoms with Gasteiger partial charge in [0, 0.05) is 10.0 Å². The van der Waals surface area contributed by atoms with Gasteiger partial charge in [0.15, 0.2) is 0 Å². The Balaban J connectivity index is 2.40. The lowest BCUT2D eigenvalue weighted by Crippen LogP contribution is -2.02. The van der Waals surface area contributed by atoms with Gasteiger partial charge in [-0.05, 0) is 40.2 Å². The Morgan fingerprint density at radius 3 is 2.29 bits per heavy atom. The maximum atomic E-state index is 5.32. The predicted molar refractivity (Wildman–Crippen MR) is 73.8 cm³/mol. The number of ether oxygens (including phenoxy) is 1. The van der Waals surface area contributed by atoms with Crippen LogP contribution in [0.25, 0.3) is 0 Å².